The van der Waals surface area contributed by atoms with Crippen molar-refractivity contribution in [1.29, 1.82) is 0 Å². The number of methoxy groups -OCH3 is 1. The third-order valence-corrected chi connectivity index (χ3v) is 11.3. The van der Waals surface area contributed by atoms with E-state index in [2.05, 4.69) is 25.2 Å². The van der Waals surface area contributed by atoms with Crippen molar-refractivity contribution in [2.45, 2.75) is 44.7 Å². The van der Waals surface area contributed by atoms with E-state index >= 15 is 13.6 Å². The topological polar surface area (TPSA) is 134 Å². The zero-order valence-corrected chi connectivity index (χ0v) is 34.2. The minimum absolute atomic E-state index is 0.0234. The Balaban J connectivity index is 1.35. The molecule has 0 saturated heterocycles. The molecule has 2 N–H and O–H groups in total. The summed E-state index contributed by atoms with van der Waals surface area (Å²) in [6.45, 7) is 0.263. The van der Waals surface area contributed by atoms with E-state index in [-0.39, 0.29) is 45.0 Å². The van der Waals surface area contributed by atoms with Gasteiger partial charge in [-0.1, -0.05) is 36.5 Å². The number of ether oxygens (including phenoxy) is 1. The molecule has 0 saturated carbocycles. The van der Waals surface area contributed by atoms with Crippen molar-refractivity contribution < 1.29 is 35.9 Å². The Labute approximate surface area is 352 Å². The van der Waals surface area contributed by atoms with Gasteiger partial charge in [0.05, 0.1) is 45.7 Å². The zero-order chi connectivity index (χ0) is 43.5. The Morgan fingerprint density at radius 1 is 1.05 bits per heavy atom. The lowest BCUT2D eigenvalue weighted by atomic mass is 10.0. The molecule has 0 bridgehead atoms. The number of aryl methyl sites for hydroxylation is 1. The van der Waals surface area contributed by atoms with Crippen LogP contribution in [-0.4, -0.2) is 53.4 Å². The number of hydrogen-bond donors (Lipinski definition) is 2. The molecule has 0 radical (unpaired) electrons. The summed E-state index contributed by atoms with van der Waals surface area (Å²) in [5, 5.41) is 11.9. The molecule has 7 aromatic rings. The number of halogens is 7. The first-order valence-corrected chi connectivity index (χ1v) is 20.2. The molecule has 20 heteroatoms. The fourth-order valence-corrected chi connectivity index (χ4v) is 8.40. The number of rotatable bonds is 12. The maximum Gasteiger partial charge on any atom is 0.292 e. The van der Waals surface area contributed by atoms with Crippen LogP contribution >= 0.6 is 23.5 Å². The molecule has 8 rings (SSSR count). The van der Waals surface area contributed by atoms with Gasteiger partial charge in [0, 0.05) is 55.1 Å². The first-order valence-electron chi connectivity index (χ1n) is 18.6. The number of nitrogens with zero attached hydrogens (tertiary/aromatic N) is 7. The second kappa shape index (κ2) is 16.1. The van der Waals surface area contributed by atoms with Gasteiger partial charge in [0.25, 0.3) is 17.9 Å². The minimum Gasteiger partial charge on any atom is -0.481 e. The Morgan fingerprint density at radius 3 is 2.46 bits per heavy atom. The highest BCUT2D eigenvalue weighted by Gasteiger charge is 2.51. The fourth-order valence-electron chi connectivity index (χ4n) is 7.82. The number of alkyl halides is 4. The maximum absolute atomic E-state index is 15.5. The average Bonchev–Trinajstić information content (AvgIpc) is 3.82. The number of nitrogens with one attached hydrogen (secondary N) is 2. The van der Waals surface area contributed by atoms with Crippen LogP contribution in [0.2, 0.25) is 5.02 Å². The van der Waals surface area contributed by atoms with Crippen molar-refractivity contribution in [2.75, 3.05) is 18.1 Å². The van der Waals surface area contributed by atoms with Gasteiger partial charge >= 0.3 is 0 Å². The summed E-state index contributed by atoms with van der Waals surface area (Å²) < 4.78 is 100. The van der Waals surface area contributed by atoms with Gasteiger partial charge in [-0.3, -0.25) is 23.5 Å². The van der Waals surface area contributed by atoms with Crippen molar-refractivity contribution in [3.8, 4) is 22.7 Å². The van der Waals surface area contributed by atoms with Crippen LogP contribution in [0.25, 0.3) is 38.6 Å². The molecule has 3 aromatic carbocycles. The van der Waals surface area contributed by atoms with E-state index in [9.17, 15) is 22.4 Å². The number of pyridine rings is 1. The van der Waals surface area contributed by atoms with Crippen molar-refractivity contribution in [3.63, 3.8) is 0 Å². The second-order valence-corrected chi connectivity index (χ2v) is 15.5. The molecule has 1 aliphatic rings. The van der Waals surface area contributed by atoms with Crippen LogP contribution in [0.15, 0.2) is 71.7 Å². The van der Waals surface area contributed by atoms with E-state index in [1.54, 1.807) is 62.0 Å². The molecule has 316 valence electrons. The highest BCUT2D eigenvalue weighted by atomic mass is 35.5. The quantitative estimate of drug-likeness (QED) is 0.0916. The summed E-state index contributed by atoms with van der Waals surface area (Å²) in [5.74, 6) is -7.21. The second-order valence-electron chi connectivity index (χ2n) is 14.5. The molecular formula is C41H34ClF6N9O3S. The van der Waals surface area contributed by atoms with Crippen molar-refractivity contribution in [1.82, 2.24) is 39.4 Å². The Bertz CT molecular complexity index is 2900. The summed E-state index contributed by atoms with van der Waals surface area (Å²) >= 11 is 7.97. The predicted octanol–water partition coefficient (Wildman–Crippen LogP) is 8.48. The molecule has 1 amide bonds. The number of carbonyl (C=O) groups is 1. The van der Waals surface area contributed by atoms with Gasteiger partial charge in [-0.15, -0.1) is 0 Å². The molecule has 4 heterocycles. The van der Waals surface area contributed by atoms with Crippen LogP contribution in [0, 0.1) is 17.6 Å². The number of hydrogen-bond acceptors (Lipinski definition) is 9. The SMILES string of the molecule is COc1ccc(-c2ccc3c(=O)n(-c4ccc(Cl)c5c(NSC)nn(C)c45)c(C(Cc4cc(F)cc(F)c4)NC(=O)Cn4nc(C(F)F)c5c4C(F)(F)C(C)C5)nc3c2)cn1. The van der Waals surface area contributed by atoms with Gasteiger partial charge in [-0.05, 0) is 60.0 Å². The third kappa shape index (κ3) is 7.53. The van der Waals surface area contributed by atoms with Crippen LogP contribution in [0.4, 0.5) is 32.2 Å². The van der Waals surface area contributed by atoms with Crippen molar-refractivity contribution in [2.24, 2.45) is 13.0 Å². The van der Waals surface area contributed by atoms with Crippen LogP contribution in [0.1, 0.15) is 47.7 Å². The summed E-state index contributed by atoms with van der Waals surface area (Å²) in [5.41, 5.74) is -0.659. The zero-order valence-electron chi connectivity index (χ0n) is 32.6. The summed E-state index contributed by atoms with van der Waals surface area (Å²) in [6.07, 6.45) is -0.627. The number of aromatic nitrogens is 7. The molecule has 0 spiro atoms. The molecule has 12 nitrogen and oxygen atoms in total. The Kier molecular flexibility index (Phi) is 11.0. The average molecular weight is 882 g/mol. The van der Waals surface area contributed by atoms with Crippen LogP contribution < -0.4 is 20.3 Å². The highest BCUT2D eigenvalue weighted by molar-refractivity contribution is 7.99. The van der Waals surface area contributed by atoms with Gasteiger partial charge in [0.1, 0.15) is 35.4 Å². The summed E-state index contributed by atoms with van der Waals surface area (Å²) in [4.78, 5) is 38.4. The van der Waals surface area contributed by atoms with E-state index in [0.717, 1.165) is 12.1 Å². The van der Waals surface area contributed by atoms with E-state index in [0.29, 0.717) is 44.5 Å². The lowest BCUT2D eigenvalue weighted by molar-refractivity contribution is -0.123. The monoisotopic (exact) mass is 881 g/mol. The molecule has 2 atom stereocenters. The predicted molar refractivity (Wildman–Crippen MR) is 218 cm³/mol. The standard InChI is InChI=1S/C41H34ClF6N9O3S/c1-19-11-26-34(37(45)46)52-56(36(26)41(19,47)48)18-31(58)50-29(14-20-12-23(43)16-24(44)13-20)39-51-28-15-21(22-6-10-32(60-3)49-17-22)5-7-25(28)40(59)57(39)30-9-8-27(42)33-35(30)55(2)53-38(33)54-61-4/h5-10,12-13,15-17,19,29,37H,11,14,18H2,1-4H3,(H,50,58)(H,53,54). The number of fused-ring (bicyclic) bond motifs is 3. The molecule has 1 aliphatic carbocycles. The lowest BCUT2D eigenvalue weighted by Gasteiger charge is -2.24. The molecule has 4 aromatic heterocycles. The van der Waals surface area contributed by atoms with Gasteiger partial charge in [0.15, 0.2) is 5.82 Å². The smallest absolute Gasteiger partial charge is 0.292 e. The molecule has 61 heavy (non-hydrogen) atoms. The van der Waals surface area contributed by atoms with Gasteiger partial charge in [-0.25, -0.2) is 27.5 Å². The number of amides is 1. The normalized spacial score (nSPS) is 15.1. The number of benzene rings is 3. The van der Waals surface area contributed by atoms with Crippen molar-refractivity contribution >= 4 is 57.1 Å². The van der Waals surface area contributed by atoms with E-state index in [1.165, 1.54) is 35.2 Å². The van der Waals surface area contributed by atoms with Crippen molar-refractivity contribution in [3.05, 3.63) is 122 Å². The maximum atomic E-state index is 15.5. The Morgan fingerprint density at radius 2 is 1.79 bits per heavy atom. The molecular weight excluding hydrogens is 848 g/mol. The van der Waals surface area contributed by atoms with Crippen LogP contribution in [0.5, 0.6) is 5.88 Å². The fraction of sp³-hybridized carbons (Fsp3) is 0.268. The largest absolute Gasteiger partial charge is 0.481 e. The minimum atomic E-state index is -3.58. The summed E-state index contributed by atoms with van der Waals surface area (Å²) in [7, 11) is 3.10. The molecule has 0 fully saturated rings. The first kappa shape index (κ1) is 41.6. The van der Waals surface area contributed by atoms with E-state index in [1.807, 2.05) is 0 Å². The van der Waals surface area contributed by atoms with Gasteiger partial charge in [-0.2, -0.15) is 19.0 Å². The highest BCUT2D eigenvalue weighted by Crippen LogP contribution is 2.48. The lowest BCUT2D eigenvalue weighted by Crippen LogP contribution is -2.38. The van der Waals surface area contributed by atoms with Crippen LogP contribution in [0.3, 0.4) is 0 Å². The van der Waals surface area contributed by atoms with Crippen LogP contribution in [-0.2, 0) is 37.2 Å². The van der Waals surface area contributed by atoms with E-state index < -0.39 is 71.8 Å². The van der Waals surface area contributed by atoms with Gasteiger partial charge in [0.2, 0.25) is 11.8 Å². The first-order chi connectivity index (χ1) is 29.1. The Hall–Kier alpha value is -6.08. The molecule has 0 aliphatic heterocycles. The van der Waals surface area contributed by atoms with Gasteiger partial charge < -0.3 is 14.8 Å². The van der Waals surface area contributed by atoms with E-state index in [4.69, 9.17) is 21.3 Å². The summed E-state index contributed by atoms with van der Waals surface area (Å²) in [6, 6.07) is 12.7. The number of carbonyl (C=O) groups excluding carboxylic acids is 1. The third-order valence-electron chi connectivity index (χ3n) is 10.6. The molecule has 2 unspecified atom stereocenters. The number of anilines is 1.